The molecule has 1 N–H and O–H groups in total. The van der Waals surface area contributed by atoms with Gasteiger partial charge in [-0.05, 0) is 31.2 Å². The summed E-state index contributed by atoms with van der Waals surface area (Å²) in [6.45, 7) is 2.41. The van der Waals surface area contributed by atoms with Gasteiger partial charge in [-0.15, -0.1) is 10.2 Å². The monoisotopic (exact) mass is 472 g/mol. The third-order valence-electron chi connectivity index (χ3n) is 4.34. The predicted molar refractivity (Wildman–Crippen MR) is 117 cm³/mol. The molecule has 6 nitrogen and oxygen atoms in total. The lowest BCUT2D eigenvalue weighted by Gasteiger charge is -2.06. The number of benzene rings is 2. The van der Waals surface area contributed by atoms with E-state index in [-0.39, 0.29) is 17.4 Å². The number of aryl methyl sites for hydroxylation is 1. The van der Waals surface area contributed by atoms with Crippen LogP contribution in [0.25, 0.3) is 0 Å². The number of thioether (sulfide) groups is 1. The Kier molecular flexibility index (Phi) is 7.22. The molecule has 0 unspecified atom stereocenters. The van der Waals surface area contributed by atoms with Crippen molar-refractivity contribution >= 4 is 39.4 Å². The molecule has 1 heterocycles. The second kappa shape index (κ2) is 9.84. The van der Waals surface area contributed by atoms with Crippen LogP contribution in [0.3, 0.4) is 0 Å². The number of amides is 1. The van der Waals surface area contributed by atoms with Crippen LogP contribution in [0.1, 0.15) is 32.1 Å². The second-order valence-corrected chi connectivity index (χ2v) is 8.41. The molecule has 0 aliphatic heterocycles. The molecular weight excluding hydrogens is 452 g/mol. The summed E-state index contributed by atoms with van der Waals surface area (Å²) in [7, 11) is 1.87. The maximum atomic E-state index is 12.3. The van der Waals surface area contributed by atoms with Gasteiger partial charge in [0.25, 0.3) is 5.91 Å². The standard InChI is InChI=1S/C21H21BrN4O2S/c1-14-4-3-5-16(12-14)20(28)23-11-10-19-24-25-21(26(19)2)29-13-18(27)15-6-8-17(22)9-7-15/h3-9,12H,10-11,13H2,1-2H3,(H,23,28). The van der Waals surface area contributed by atoms with E-state index in [4.69, 9.17) is 0 Å². The van der Waals surface area contributed by atoms with Crippen molar-refractivity contribution in [1.82, 2.24) is 20.1 Å². The van der Waals surface area contributed by atoms with E-state index in [2.05, 4.69) is 31.4 Å². The number of aromatic nitrogens is 3. The number of Topliss-reactive ketones (excluding diaryl/α,β-unsaturated/α-hetero) is 1. The Morgan fingerprint density at radius 3 is 2.59 bits per heavy atom. The number of halogens is 1. The summed E-state index contributed by atoms with van der Waals surface area (Å²) in [6.07, 6.45) is 0.558. The highest BCUT2D eigenvalue weighted by Crippen LogP contribution is 2.18. The lowest BCUT2D eigenvalue weighted by molar-refractivity contribution is 0.0952. The Labute approximate surface area is 182 Å². The van der Waals surface area contributed by atoms with Crippen LogP contribution in [0.5, 0.6) is 0 Å². The summed E-state index contributed by atoms with van der Waals surface area (Å²) in [5.74, 6) is 0.980. The van der Waals surface area contributed by atoms with Crippen molar-refractivity contribution in [3.05, 3.63) is 75.5 Å². The molecule has 0 aliphatic rings. The summed E-state index contributed by atoms with van der Waals surface area (Å²) in [5, 5.41) is 11.9. The molecule has 1 aromatic heterocycles. The van der Waals surface area contributed by atoms with Gasteiger partial charge in [-0.2, -0.15) is 0 Å². The van der Waals surface area contributed by atoms with Crippen LogP contribution in [0.15, 0.2) is 58.2 Å². The number of nitrogens with zero attached hydrogens (tertiary/aromatic N) is 3. The van der Waals surface area contributed by atoms with Crippen molar-refractivity contribution in [3.63, 3.8) is 0 Å². The highest BCUT2D eigenvalue weighted by atomic mass is 79.9. The van der Waals surface area contributed by atoms with Crippen LogP contribution >= 0.6 is 27.7 Å². The summed E-state index contributed by atoms with van der Waals surface area (Å²) in [6, 6.07) is 14.8. The normalized spacial score (nSPS) is 10.7. The van der Waals surface area contributed by atoms with Gasteiger partial charge in [-0.3, -0.25) is 9.59 Å². The van der Waals surface area contributed by atoms with Gasteiger partial charge in [0.15, 0.2) is 10.9 Å². The van der Waals surface area contributed by atoms with Gasteiger partial charge in [0.05, 0.1) is 5.75 Å². The van der Waals surface area contributed by atoms with E-state index >= 15 is 0 Å². The number of hydrogen-bond donors (Lipinski definition) is 1. The average molecular weight is 473 g/mol. The van der Waals surface area contributed by atoms with Crippen LogP contribution < -0.4 is 5.32 Å². The fraction of sp³-hybridized carbons (Fsp3) is 0.238. The van der Waals surface area contributed by atoms with E-state index in [9.17, 15) is 9.59 Å². The molecule has 1 amide bonds. The van der Waals surface area contributed by atoms with Crippen molar-refractivity contribution in [3.8, 4) is 0 Å². The molecule has 0 saturated heterocycles. The minimum absolute atomic E-state index is 0.0393. The first-order chi connectivity index (χ1) is 13.9. The molecule has 0 fully saturated rings. The fourth-order valence-corrected chi connectivity index (χ4v) is 3.80. The van der Waals surface area contributed by atoms with Gasteiger partial charge in [0.1, 0.15) is 5.82 Å². The zero-order chi connectivity index (χ0) is 20.8. The largest absolute Gasteiger partial charge is 0.352 e. The molecule has 0 spiro atoms. The highest BCUT2D eigenvalue weighted by molar-refractivity contribution is 9.10. The molecule has 0 saturated carbocycles. The van der Waals surface area contributed by atoms with Crippen molar-refractivity contribution in [1.29, 1.82) is 0 Å². The van der Waals surface area contributed by atoms with Crippen LogP contribution in [0, 0.1) is 6.92 Å². The van der Waals surface area contributed by atoms with Gasteiger partial charge in [-0.25, -0.2) is 0 Å². The minimum atomic E-state index is -0.106. The molecule has 150 valence electrons. The lowest BCUT2D eigenvalue weighted by Crippen LogP contribution is -2.26. The van der Waals surface area contributed by atoms with Gasteiger partial charge in [0, 0.05) is 35.6 Å². The van der Waals surface area contributed by atoms with Crippen molar-refractivity contribution in [2.75, 3.05) is 12.3 Å². The third-order valence-corrected chi connectivity index (χ3v) is 5.89. The molecule has 0 atom stereocenters. The first-order valence-electron chi connectivity index (χ1n) is 9.09. The van der Waals surface area contributed by atoms with E-state index < -0.39 is 0 Å². The first-order valence-corrected chi connectivity index (χ1v) is 10.9. The van der Waals surface area contributed by atoms with Crippen LogP contribution in [0.4, 0.5) is 0 Å². The maximum absolute atomic E-state index is 12.3. The van der Waals surface area contributed by atoms with Gasteiger partial charge >= 0.3 is 0 Å². The van der Waals surface area contributed by atoms with Crippen LogP contribution in [-0.4, -0.2) is 38.8 Å². The molecule has 8 heteroatoms. The van der Waals surface area contributed by atoms with Gasteiger partial charge < -0.3 is 9.88 Å². The Balaban J connectivity index is 1.50. The topological polar surface area (TPSA) is 76.9 Å². The Morgan fingerprint density at radius 2 is 1.86 bits per heavy atom. The Morgan fingerprint density at radius 1 is 1.10 bits per heavy atom. The van der Waals surface area contributed by atoms with E-state index in [1.807, 2.05) is 48.9 Å². The van der Waals surface area contributed by atoms with Crippen molar-refractivity contribution in [2.45, 2.75) is 18.5 Å². The van der Waals surface area contributed by atoms with Crippen molar-refractivity contribution < 1.29 is 9.59 Å². The molecule has 3 rings (SSSR count). The summed E-state index contributed by atoms with van der Waals surface area (Å²) in [5.41, 5.74) is 2.36. The predicted octanol–water partition coefficient (Wildman–Crippen LogP) is 3.83. The molecule has 29 heavy (non-hydrogen) atoms. The third kappa shape index (κ3) is 5.77. The molecule has 0 aliphatic carbocycles. The summed E-state index contributed by atoms with van der Waals surface area (Å²) >= 11 is 4.72. The average Bonchev–Trinajstić information content (AvgIpc) is 3.06. The first kappa shape index (κ1) is 21.3. The highest BCUT2D eigenvalue weighted by Gasteiger charge is 2.13. The summed E-state index contributed by atoms with van der Waals surface area (Å²) in [4.78, 5) is 24.5. The smallest absolute Gasteiger partial charge is 0.251 e. The Hall–Kier alpha value is -2.45. The number of nitrogens with one attached hydrogen (secondary N) is 1. The van der Waals surface area contributed by atoms with E-state index in [1.54, 1.807) is 18.2 Å². The van der Waals surface area contributed by atoms with E-state index in [1.165, 1.54) is 11.8 Å². The van der Waals surface area contributed by atoms with E-state index in [0.29, 0.717) is 29.2 Å². The van der Waals surface area contributed by atoms with Crippen LogP contribution in [0.2, 0.25) is 0 Å². The fourth-order valence-electron chi connectivity index (χ4n) is 2.71. The number of carbonyl (C=O) groups is 2. The minimum Gasteiger partial charge on any atom is -0.352 e. The number of rotatable bonds is 8. The number of hydrogen-bond acceptors (Lipinski definition) is 5. The number of ketones is 1. The maximum Gasteiger partial charge on any atom is 0.251 e. The molecule has 0 radical (unpaired) electrons. The van der Waals surface area contributed by atoms with Crippen LogP contribution in [-0.2, 0) is 13.5 Å². The molecular formula is C21H21BrN4O2S. The summed E-state index contributed by atoms with van der Waals surface area (Å²) < 4.78 is 2.80. The molecule has 0 bridgehead atoms. The van der Waals surface area contributed by atoms with Crippen molar-refractivity contribution in [2.24, 2.45) is 7.05 Å². The zero-order valence-corrected chi connectivity index (χ0v) is 18.6. The molecule has 2 aromatic carbocycles. The van der Waals surface area contributed by atoms with E-state index in [0.717, 1.165) is 15.9 Å². The van der Waals surface area contributed by atoms with Gasteiger partial charge in [0.2, 0.25) is 0 Å². The molecule has 3 aromatic rings. The second-order valence-electron chi connectivity index (χ2n) is 6.55. The number of carbonyl (C=O) groups excluding carboxylic acids is 2. The SMILES string of the molecule is Cc1cccc(C(=O)NCCc2nnc(SCC(=O)c3ccc(Br)cc3)n2C)c1. The quantitative estimate of drug-likeness (QED) is 0.398. The van der Waals surface area contributed by atoms with Gasteiger partial charge in [-0.1, -0.05) is 57.5 Å². The Bertz CT molecular complexity index is 1020. The lowest BCUT2D eigenvalue weighted by atomic mass is 10.1. The zero-order valence-electron chi connectivity index (χ0n) is 16.2.